The molecule has 1 saturated heterocycles. The van der Waals surface area contributed by atoms with Crippen molar-refractivity contribution in [1.82, 2.24) is 9.97 Å². The second-order valence-electron chi connectivity index (χ2n) is 6.14. The number of aliphatic hydroxyl groups is 1. The maximum atomic E-state index is 12.9. The minimum Gasteiger partial charge on any atom is -0.507 e. The summed E-state index contributed by atoms with van der Waals surface area (Å²) in [6.45, 7) is 0. The monoisotopic (exact) mass is 435 g/mol. The molecule has 0 unspecified atom stereocenters. The minimum atomic E-state index is -0.847. The van der Waals surface area contributed by atoms with Crippen LogP contribution in [0, 0.1) is 0 Å². The van der Waals surface area contributed by atoms with Gasteiger partial charge < -0.3 is 5.11 Å². The zero-order valence-corrected chi connectivity index (χ0v) is 16.1. The van der Waals surface area contributed by atoms with Crippen LogP contribution < -0.4 is 4.90 Å². The molecule has 0 aliphatic carbocycles. The zero-order chi connectivity index (χ0) is 19.7. The minimum absolute atomic E-state index is 0.00162. The number of aliphatic hydroxyl groups excluding tert-OH is 1. The van der Waals surface area contributed by atoms with Crippen molar-refractivity contribution >= 4 is 39.3 Å². The van der Waals surface area contributed by atoms with Crippen molar-refractivity contribution in [2.24, 2.45) is 0 Å². The van der Waals surface area contributed by atoms with Crippen molar-refractivity contribution in [1.29, 1.82) is 0 Å². The molecular weight excluding hydrogens is 422 g/mol. The van der Waals surface area contributed by atoms with Crippen molar-refractivity contribution in [3.05, 3.63) is 94.2 Å². The van der Waals surface area contributed by atoms with Gasteiger partial charge in [-0.15, -0.1) is 0 Å². The number of anilines is 1. The second-order valence-corrected chi connectivity index (χ2v) is 7.05. The molecule has 2 heterocycles. The lowest BCUT2D eigenvalue weighted by Crippen LogP contribution is -2.31. The van der Waals surface area contributed by atoms with Crippen LogP contribution in [-0.2, 0) is 9.59 Å². The van der Waals surface area contributed by atoms with Gasteiger partial charge in [-0.3, -0.25) is 14.5 Å². The topological polar surface area (TPSA) is 83.4 Å². The molecule has 1 fully saturated rings. The van der Waals surface area contributed by atoms with Gasteiger partial charge in [0.25, 0.3) is 5.78 Å². The molecule has 1 N–H and O–H groups in total. The average Bonchev–Trinajstić information content (AvgIpc) is 3.00. The Morgan fingerprint density at radius 2 is 1.68 bits per heavy atom. The molecule has 1 amide bonds. The predicted octanol–water partition coefficient (Wildman–Crippen LogP) is 3.87. The van der Waals surface area contributed by atoms with Crippen molar-refractivity contribution in [2.45, 2.75) is 6.04 Å². The number of ketones is 1. The molecule has 6 nitrogen and oxygen atoms in total. The molecule has 3 aromatic rings. The van der Waals surface area contributed by atoms with Gasteiger partial charge in [0.1, 0.15) is 5.76 Å². The first kappa shape index (κ1) is 18.1. The summed E-state index contributed by atoms with van der Waals surface area (Å²) < 4.78 is 0.782. The third kappa shape index (κ3) is 3.10. The van der Waals surface area contributed by atoms with E-state index in [-0.39, 0.29) is 17.3 Å². The van der Waals surface area contributed by atoms with Gasteiger partial charge in [0.15, 0.2) is 0 Å². The Hall–Kier alpha value is -3.32. The van der Waals surface area contributed by atoms with Crippen LogP contribution in [-0.4, -0.2) is 26.8 Å². The summed E-state index contributed by atoms with van der Waals surface area (Å²) in [4.78, 5) is 35.2. The third-order valence-electron chi connectivity index (χ3n) is 4.42. The summed E-state index contributed by atoms with van der Waals surface area (Å²) in [6, 6.07) is 16.7. The Kier molecular flexibility index (Phi) is 4.75. The number of Topliss-reactive ketones (excluding diaryl/α,β-unsaturated/α-hetero) is 1. The van der Waals surface area contributed by atoms with E-state index in [0.717, 1.165) is 4.47 Å². The van der Waals surface area contributed by atoms with Gasteiger partial charge in [-0.25, -0.2) is 9.97 Å². The smallest absolute Gasteiger partial charge is 0.302 e. The van der Waals surface area contributed by atoms with E-state index >= 15 is 0 Å². The van der Waals surface area contributed by atoms with E-state index in [2.05, 4.69) is 25.9 Å². The predicted molar refractivity (Wildman–Crippen MR) is 107 cm³/mol. The third-order valence-corrected chi connectivity index (χ3v) is 4.92. The largest absolute Gasteiger partial charge is 0.507 e. The fraction of sp³-hybridized carbons (Fsp3) is 0.0476. The van der Waals surface area contributed by atoms with Crippen LogP contribution in [0.1, 0.15) is 17.2 Å². The molecule has 2 aromatic carbocycles. The van der Waals surface area contributed by atoms with E-state index in [1.807, 2.05) is 6.07 Å². The Bertz CT molecular complexity index is 1080. The SMILES string of the molecule is O=C1C(=O)N(c2ncccn2)[C@H](c2cccc(Br)c2)C1=C(O)c1ccccc1. The molecule has 138 valence electrons. The molecule has 4 rings (SSSR count). The standard InChI is InChI=1S/C21H14BrN3O3/c22-15-9-4-8-14(12-15)17-16(18(26)13-6-2-1-3-7-13)19(27)20(28)25(17)21-23-10-5-11-24-21/h1-12,17,26H/t17-/m1/s1. The summed E-state index contributed by atoms with van der Waals surface area (Å²) in [5.41, 5.74) is 1.11. The maximum absolute atomic E-state index is 12.9. The lowest BCUT2D eigenvalue weighted by molar-refractivity contribution is -0.132. The van der Waals surface area contributed by atoms with Crippen LogP contribution in [0.5, 0.6) is 0 Å². The molecule has 1 aliphatic rings. The molecule has 1 aliphatic heterocycles. The van der Waals surface area contributed by atoms with Gasteiger partial charge in [0, 0.05) is 22.4 Å². The molecule has 1 atom stereocenters. The summed E-state index contributed by atoms with van der Waals surface area (Å²) in [7, 11) is 0. The zero-order valence-electron chi connectivity index (χ0n) is 14.5. The van der Waals surface area contributed by atoms with Gasteiger partial charge in [-0.2, -0.15) is 0 Å². The molecule has 0 spiro atoms. The quantitative estimate of drug-likeness (QED) is 0.383. The van der Waals surface area contributed by atoms with Crippen molar-refractivity contribution in [3.8, 4) is 0 Å². The number of hydrogen-bond donors (Lipinski definition) is 1. The van der Waals surface area contributed by atoms with Crippen LogP contribution >= 0.6 is 15.9 Å². The normalized spacial score (nSPS) is 18.5. The van der Waals surface area contributed by atoms with Crippen molar-refractivity contribution in [2.75, 3.05) is 4.90 Å². The molecule has 0 bridgehead atoms. The Balaban J connectivity index is 1.96. The first-order valence-electron chi connectivity index (χ1n) is 8.47. The van der Waals surface area contributed by atoms with Crippen LogP contribution in [0.15, 0.2) is 83.1 Å². The van der Waals surface area contributed by atoms with E-state index < -0.39 is 17.7 Å². The molecule has 0 radical (unpaired) electrons. The van der Waals surface area contributed by atoms with Gasteiger partial charge in [0.05, 0.1) is 11.6 Å². The highest BCUT2D eigenvalue weighted by Crippen LogP contribution is 2.41. The fourth-order valence-corrected chi connectivity index (χ4v) is 3.61. The number of halogens is 1. The summed E-state index contributed by atoms with van der Waals surface area (Å²) in [5, 5.41) is 10.9. The second kappa shape index (κ2) is 7.36. The highest BCUT2D eigenvalue weighted by Gasteiger charge is 2.48. The Morgan fingerprint density at radius 3 is 2.36 bits per heavy atom. The fourth-order valence-electron chi connectivity index (χ4n) is 3.20. The van der Waals surface area contributed by atoms with Crippen LogP contribution in [0.2, 0.25) is 0 Å². The van der Waals surface area contributed by atoms with Gasteiger partial charge in [0.2, 0.25) is 5.95 Å². The number of hydrogen-bond acceptors (Lipinski definition) is 5. The van der Waals surface area contributed by atoms with Gasteiger partial charge >= 0.3 is 5.91 Å². The highest BCUT2D eigenvalue weighted by atomic mass is 79.9. The average molecular weight is 436 g/mol. The molecular formula is C21H14BrN3O3. The Labute approximate surface area is 169 Å². The molecule has 7 heteroatoms. The van der Waals surface area contributed by atoms with Crippen LogP contribution in [0.4, 0.5) is 5.95 Å². The number of benzene rings is 2. The number of aromatic nitrogens is 2. The van der Waals surface area contributed by atoms with Crippen molar-refractivity contribution < 1.29 is 14.7 Å². The van der Waals surface area contributed by atoms with E-state index in [0.29, 0.717) is 11.1 Å². The highest BCUT2D eigenvalue weighted by molar-refractivity contribution is 9.10. The van der Waals surface area contributed by atoms with E-state index in [4.69, 9.17) is 0 Å². The number of carbonyl (C=O) groups is 2. The maximum Gasteiger partial charge on any atom is 0.302 e. The van der Waals surface area contributed by atoms with Gasteiger partial charge in [-0.1, -0.05) is 58.4 Å². The van der Waals surface area contributed by atoms with Crippen molar-refractivity contribution in [3.63, 3.8) is 0 Å². The first-order chi connectivity index (χ1) is 13.6. The summed E-state index contributed by atoms with van der Waals surface area (Å²) in [5.74, 6) is -1.70. The molecule has 28 heavy (non-hydrogen) atoms. The van der Waals surface area contributed by atoms with Crippen LogP contribution in [0.3, 0.4) is 0 Å². The lowest BCUT2D eigenvalue weighted by atomic mass is 9.95. The number of carbonyl (C=O) groups excluding carboxylic acids is 2. The van der Waals surface area contributed by atoms with E-state index in [1.165, 1.54) is 17.3 Å². The van der Waals surface area contributed by atoms with Gasteiger partial charge in [-0.05, 0) is 23.8 Å². The molecule has 0 saturated carbocycles. The van der Waals surface area contributed by atoms with Crippen LogP contribution in [0.25, 0.3) is 5.76 Å². The summed E-state index contributed by atoms with van der Waals surface area (Å²) >= 11 is 3.42. The molecule has 1 aromatic heterocycles. The number of nitrogens with zero attached hydrogens (tertiary/aromatic N) is 3. The first-order valence-corrected chi connectivity index (χ1v) is 9.26. The lowest BCUT2D eigenvalue weighted by Gasteiger charge is -2.23. The number of amides is 1. The summed E-state index contributed by atoms with van der Waals surface area (Å²) in [6.07, 6.45) is 2.99. The Morgan fingerprint density at radius 1 is 0.964 bits per heavy atom. The number of rotatable bonds is 3. The van der Waals surface area contributed by atoms with E-state index in [9.17, 15) is 14.7 Å². The van der Waals surface area contributed by atoms with E-state index in [1.54, 1.807) is 54.6 Å².